The summed E-state index contributed by atoms with van der Waals surface area (Å²) in [4.78, 5) is 25.3. The summed E-state index contributed by atoms with van der Waals surface area (Å²) in [5.74, 6) is -0.161. The number of hydrogen-bond acceptors (Lipinski definition) is 4. The molecule has 3 heterocycles. The lowest BCUT2D eigenvalue weighted by atomic mass is 10.1. The normalized spacial score (nSPS) is 11.6. The highest BCUT2D eigenvalue weighted by Crippen LogP contribution is 2.34. The van der Waals surface area contributed by atoms with Crippen molar-refractivity contribution in [2.24, 2.45) is 0 Å². The number of carbonyl (C=O) groups excluding carboxylic acids is 1. The summed E-state index contributed by atoms with van der Waals surface area (Å²) in [5, 5.41) is -0.00114. The van der Waals surface area contributed by atoms with E-state index in [2.05, 4.69) is 20.4 Å². The van der Waals surface area contributed by atoms with Crippen molar-refractivity contribution in [3.63, 3.8) is 0 Å². The number of aromatic nitrogens is 4. The smallest absolute Gasteiger partial charge is 0.267 e. The molecule has 0 aliphatic rings. The summed E-state index contributed by atoms with van der Waals surface area (Å²) in [6, 6.07) is 10.4. The van der Waals surface area contributed by atoms with E-state index in [1.54, 1.807) is 31.3 Å². The van der Waals surface area contributed by atoms with E-state index in [1.165, 1.54) is 35.3 Å². The first kappa shape index (κ1) is 18.6. The number of fused-ring (bicyclic) bond motifs is 1. The number of hydrogen-bond donors (Lipinski definition) is 1. The zero-order chi connectivity index (χ0) is 20.6. The highest BCUT2D eigenvalue weighted by molar-refractivity contribution is 6.01. The Morgan fingerprint density at radius 3 is 2.59 bits per heavy atom. The molecule has 1 N–H and O–H groups in total. The molecule has 29 heavy (non-hydrogen) atoms. The van der Waals surface area contributed by atoms with Crippen molar-refractivity contribution < 1.29 is 18.0 Å². The molecule has 0 aliphatic carbocycles. The van der Waals surface area contributed by atoms with Gasteiger partial charge in [-0.25, -0.2) is 9.97 Å². The number of nitrogens with zero attached hydrogens (tertiary/aromatic N) is 4. The second-order valence-electron chi connectivity index (χ2n) is 6.27. The van der Waals surface area contributed by atoms with Crippen LogP contribution in [0.4, 0.5) is 13.2 Å². The average Bonchev–Trinajstić information content (AvgIpc) is 3.10. The van der Waals surface area contributed by atoms with Gasteiger partial charge in [-0.05, 0) is 37.3 Å². The third-order valence-corrected chi connectivity index (χ3v) is 4.38. The average molecular weight is 397 g/mol. The standard InChI is InChI=1S/C20H14F3N5O/c1-12-14(11-25-18(26-12)16-6-2-3-9-24-16)19(29)27-28-10-8-13-15(20(21,22)23)5-4-7-17(13)28/h2-11H,1H3,(H,27,29). The predicted molar refractivity (Wildman–Crippen MR) is 101 cm³/mol. The van der Waals surface area contributed by atoms with Gasteiger partial charge < -0.3 is 0 Å². The molecule has 3 aromatic heterocycles. The monoisotopic (exact) mass is 397 g/mol. The zero-order valence-corrected chi connectivity index (χ0v) is 15.1. The molecular formula is C20H14F3N5O. The molecule has 4 rings (SSSR count). The first-order valence-electron chi connectivity index (χ1n) is 8.58. The summed E-state index contributed by atoms with van der Waals surface area (Å²) in [7, 11) is 0. The lowest BCUT2D eigenvalue weighted by Crippen LogP contribution is -2.23. The van der Waals surface area contributed by atoms with Crippen LogP contribution >= 0.6 is 0 Å². The molecule has 9 heteroatoms. The van der Waals surface area contributed by atoms with Crippen LogP contribution in [0.1, 0.15) is 21.6 Å². The van der Waals surface area contributed by atoms with Crippen molar-refractivity contribution in [3.8, 4) is 11.5 Å². The SMILES string of the molecule is Cc1nc(-c2ccccn2)ncc1C(=O)Nn1ccc2c(C(F)(F)F)cccc21. The first-order chi connectivity index (χ1) is 13.8. The number of pyridine rings is 1. The van der Waals surface area contributed by atoms with Crippen molar-refractivity contribution in [2.75, 3.05) is 5.43 Å². The highest BCUT2D eigenvalue weighted by Gasteiger charge is 2.32. The number of amides is 1. The topological polar surface area (TPSA) is 72.7 Å². The maximum absolute atomic E-state index is 13.2. The van der Waals surface area contributed by atoms with E-state index in [0.29, 0.717) is 17.2 Å². The van der Waals surface area contributed by atoms with Crippen molar-refractivity contribution >= 4 is 16.8 Å². The molecular weight excluding hydrogens is 383 g/mol. The summed E-state index contributed by atoms with van der Waals surface area (Å²) in [6.45, 7) is 1.65. The van der Waals surface area contributed by atoms with Gasteiger partial charge in [-0.1, -0.05) is 12.1 Å². The van der Waals surface area contributed by atoms with Crippen molar-refractivity contribution in [3.05, 3.63) is 77.9 Å². The molecule has 0 spiro atoms. The van der Waals surface area contributed by atoms with Crippen LogP contribution in [0.5, 0.6) is 0 Å². The lowest BCUT2D eigenvalue weighted by molar-refractivity contribution is -0.136. The summed E-state index contributed by atoms with van der Waals surface area (Å²) in [6.07, 6.45) is -0.132. The Morgan fingerprint density at radius 2 is 1.90 bits per heavy atom. The molecule has 0 radical (unpaired) electrons. The number of rotatable bonds is 3. The van der Waals surface area contributed by atoms with E-state index < -0.39 is 17.6 Å². The molecule has 4 aromatic rings. The third-order valence-electron chi connectivity index (χ3n) is 4.38. The quantitative estimate of drug-likeness (QED) is 0.562. The highest BCUT2D eigenvalue weighted by atomic mass is 19.4. The van der Waals surface area contributed by atoms with E-state index in [0.717, 1.165) is 6.07 Å². The molecule has 6 nitrogen and oxygen atoms in total. The van der Waals surface area contributed by atoms with Gasteiger partial charge in [0.2, 0.25) is 0 Å². The van der Waals surface area contributed by atoms with Gasteiger partial charge in [0.15, 0.2) is 5.82 Å². The largest absolute Gasteiger partial charge is 0.417 e. The van der Waals surface area contributed by atoms with E-state index in [-0.39, 0.29) is 16.5 Å². The number of benzene rings is 1. The molecule has 0 unspecified atom stereocenters. The van der Waals surface area contributed by atoms with Crippen LogP contribution in [0.15, 0.2) is 61.1 Å². The second kappa shape index (κ2) is 7.01. The van der Waals surface area contributed by atoms with Gasteiger partial charge in [0.1, 0.15) is 5.69 Å². The van der Waals surface area contributed by atoms with Crippen molar-refractivity contribution in [2.45, 2.75) is 13.1 Å². The number of aryl methyl sites for hydroxylation is 1. The Kier molecular flexibility index (Phi) is 4.50. The zero-order valence-electron chi connectivity index (χ0n) is 15.1. The van der Waals surface area contributed by atoms with Gasteiger partial charge in [-0.3, -0.25) is 19.9 Å². The molecule has 1 aromatic carbocycles. The minimum atomic E-state index is -4.48. The summed E-state index contributed by atoms with van der Waals surface area (Å²) >= 11 is 0. The molecule has 0 fully saturated rings. The summed E-state index contributed by atoms with van der Waals surface area (Å²) in [5.41, 5.74) is 3.24. The number of alkyl halides is 3. The minimum absolute atomic E-state index is 0.00114. The van der Waals surface area contributed by atoms with E-state index in [1.807, 2.05) is 0 Å². The number of carbonyl (C=O) groups is 1. The Hall–Kier alpha value is -3.75. The van der Waals surface area contributed by atoms with Gasteiger partial charge >= 0.3 is 6.18 Å². The fourth-order valence-electron chi connectivity index (χ4n) is 2.99. The van der Waals surface area contributed by atoms with Gasteiger partial charge in [0.05, 0.1) is 22.3 Å². The Labute approximate surface area is 163 Å². The van der Waals surface area contributed by atoms with E-state index >= 15 is 0 Å². The van der Waals surface area contributed by atoms with Crippen LogP contribution in [0, 0.1) is 6.92 Å². The number of nitrogens with one attached hydrogen (secondary N) is 1. The lowest BCUT2D eigenvalue weighted by Gasteiger charge is -2.11. The molecule has 146 valence electrons. The van der Waals surface area contributed by atoms with E-state index in [4.69, 9.17) is 0 Å². The fourth-order valence-corrected chi connectivity index (χ4v) is 2.99. The molecule has 0 saturated heterocycles. The molecule has 0 bridgehead atoms. The Bertz CT molecular complexity index is 1200. The molecule has 0 saturated carbocycles. The van der Waals surface area contributed by atoms with Crippen LogP contribution in [0.25, 0.3) is 22.4 Å². The van der Waals surface area contributed by atoms with Crippen LogP contribution in [0.3, 0.4) is 0 Å². The van der Waals surface area contributed by atoms with Crippen LogP contribution in [0.2, 0.25) is 0 Å². The summed E-state index contributed by atoms with van der Waals surface area (Å²) < 4.78 is 40.8. The molecule has 0 atom stereocenters. The molecule has 1 amide bonds. The van der Waals surface area contributed by atoms with Gasteiger partial charge in [0, 0.05) is 24.0 Å². The van der Waals surface area contributed by atoms with Gasteiger partial charge in [-0.15, -0.1) is 0 Å². The van der Waals surface area contributed by atoms with Crippen molar-refractivity contribution in [1.29, 1.82) is 0 Å². The number of halogens is 3. The van der Waals surface area contributed by atoms with Crippen molar-refractivity contribution in [1.82, 2.24) is 19.6 Å². The van der Waals surface area contributed by atoms with E-state index in [9.17, 15) is 18.0 Å². The Balaban J connectivity index is 1.64. The minimum Gasteiger partial charge on any atom is -0.267 e. The first-order valence-corrected chi connectivity index (χ1v) is 8.58. The predicted octanol–water partition coefficient (Wildman–Crippen LogP) is 4.20. The molecule has 0 aliphatic heterocycles. The fraction of sp³-hybridized carbons (Fsp3) is 0.100. The van der Waals surface area contributed by atoms with Crippen LogP contribution < -0.4 is 5.43 Å². The second-order valence-corrected chi connectivity index (χ2v) is 6.27. The van der Waals surface area contributed by atoms with Crippen LogP contribution in [-0.2, 0) is 6.18 Å². The van der Waals surface area contributed by atoms with Gasteiger partial charge in [-0.2, -0.15) is 13.2 Å². The maximum atomic E-state index is 13.2. The maximum Gasteiger partial charge on any atom is 0.417 e. The third kappa shape index (κ3) is 3.54. The van der Waals surface area contributed by atoms with Gasteiger partial charge in [0.25, 0.3) is 5.91 Å². The Morgan fingerprint density at radius 1 is 1.07 bits per heavy atom. The van der Waals surface area contributed by atoms with Crippen LogP contribution in [-0.4, -0.2) is 25.5 Å².